The van der Waals surface area contributed by atoms with Gasteiger partial charge in [-0.05, 0) is 12.0 Å². The van der Waals surface area contributed by atoms with Crippen molar-refractivity contribution in [3.63, 3.8) is 0 Å². The Kier molecular flexibility index (Phi) is 4.74. The summed E-state index contributed by atoms with van der Waals surface area (Å²) in [6.45, 7) is 0.415. The van der Waals surface area contributed by atoms with Crippen molar-refractivity contribution in [1.82, 2.24) is 4.90 Å². The van der Waals surface area contributed by atoms with Gasteiger partial charge in [0.1, 0.15) is 0 Å². The highest BCUT2D eigenvalue weighted by Crippen LogP contribution is 2.31. The molecule has 1 fully saturated rings. The van der Waals surface area contributed by atoms with Crippen LogP contribution in [0.15, 0.2) is 42.1 Å². The fraction of sp³-hybridized carbons (Fsp3) is 0.286. The lowest BCUT2D eigenvalue weighted by atomic mass is 10.2. The number of amides is 1. The maximum Gasteiger partial charge on any atom is 0.252 e. The first-order valence-corrected chi connectivity index (χ1v) is 7.17. The molecule has 0 unspecified atom stereocenters. The molecule has 20 heavy (non-hydrogen) atoms. The largest absolute Gasteiger partial charge is 0.312 e. The molecule has 1 aliphatic heterocycles. The van der Waals surface area contributed by atoms with Gasteiger partial charge in [-0.15, -0.1) is 0 Å². The second kappa shape index (κ2) is 6.17. The van der Waals surface area contributed by atoms with Crippen LogP contribution in [0, 0.1) is 0 Å². The lowest BCUT2D eigenvalue weighted by Crippen LogP contribution is -2.25. The number of nitrogens with zero attached hydrogens (tertiary/aromatic N) is 1. The number of halogens is 3. The van der Waals surface area contributed by atoms with Gasteiger partial charge in [0.05, 0.1) is 6.54 Å². The van der Waals surface area contributed by atoms with Crippen molar-refractivity contribution < 1.29 is 9.59 Å². The number of ketones is 1. The Morgan fingerprint density at radius 1 is 1.20 bits per heavy atom. The summed E-state index contributed by atoms with van der Waals surface area (Å²) in [6.07, 6.45) is 2.10. The van der Waals surface area contributed by atoms with Gasteiger partial charge in [-0.25, -0.2) is 0 Å². The molecule has 0 aromatic heterocycles. The van der Waals surface area contributed by atoms with Crippen molar-refractivity contribution >= 4 is 46.5 Å². The molecule has 1 aliphatic rings. The van der Waals surface area contributed by atoms with E-state index in [9.17, 15) is 9.59 Å². The highest BCUT2D eigenvalue weighted by Gasteiger charge is 2.32. The number of carbonyl (C=O) groups is 2. The molecular weight excluding hydrogens is 321 g/mol. The molecule has 6 heteroatoms. The maximum atomic E-state index is 11.9. The van der Waals surface area contributed by atoms with Crippen LogP contribution >= 0.6 is 34.8 Å². The Balaban J connectivity index is 2.19. The Morgan fingerprint density at radius 2 is 1.85 bits per heavy atom. The number of allylic oxidation sites excluding steroid dienone is 2. The van der Waals surface area contributed by atoms with Crippen molar-refractivity contribution in [2.75, 3.05) is 0 Å². The molecule has 0 aliphatic carbocycles. The maximum absolute atomic E-state index is 11.9. The minimum Gasteiger partial charge on any atom is -0.312 e. The normalized spacial score (nSPS) is 17.9. The van der Waals surface area contributed by atoms with Gasteiger partial charge in [-0.3, -0.25) is 9.59 Å². The molecule has 2 rings (SSSR count). The van der Waals surface area contributed by atoms with Crippen molar-refractivity contribution in [1.29, 1.82) is 0 Å². The summed E-state index contributed by atoms with van der Waals surface area (Å²) in [7, 11) is 0. The lowest BCUT2D eigenvalue weighted by molar-refractivity contribution is -0.127. The zero-order chi connectivity index (χ0) is 14.8. The first-order chi connectivity index (χ1) is 9.38. The molecule has 106 valence electrons. The van der Waals surface area contributed by atoms with E-state index < -0.39 is 9.58 Å². The van der Waals surface area contributed by atoms with Crippen LogP contribution in [0.25, 0.3) is 0 Å². The molecular formula is C14H12Cl3NO2. The first kappa shape index (κ1) is 15.4. The van der Waals surface area contributed by atoms with Crippen LogP contribution in [0.5, 0.6) is 0 Å². The molecule has 3 nitrogen and oxygen atoms in total. The number of alkyl halides is 3. The third kappa shape index (κ3) is 3.75. The molecule has 0 N–H and O–H groups in total. The summed E-state index contributed by atoms with van der Waals surface area (Å²) in [5.41, 5.74) is 1.57. The van der Waals surface area contributed by atoms with E-state index >= 15 is 0 Å². The number of benzene rings is 1. The predicted octanol–water partition coefficient (Wildman–Crippen LogP) is 3.63. The number of hydrogen-bond donors (Lipinski definition) is 0. The summed E-state index contributed by atoms with van der Waals surface area (Å²) in [5.74, 6) is -0.664. The summed E-state index contributed by atoms with van der Waals surface area (Å²) < 4.78 is -1.99. The molecule has 0 radical (unpaired) electrons. The molecule has 1 saturated heterocycles. The van der Waals surface area contributed by atoms with Gasteiger partial charge in [0.2, 0.25) is 11.7 Å². The van der Waals surface area contributed by atoms with Gasteiger partial charge in [0.25, 0.3) is 3.79 Å². The second-order valence-electron chi connectivity index (χ2n) is 4.46. The van der Waals surface area contributed by atoms with Crippen LogP contribution in [0.3, 0.4) is 0 Å². The van der Waals surface area contributed by atoms with Gasteiger partial charge < -0.3 is 4.90 Å². The standard InChI is InChI=1S/C14H12Cl3NO2/c15-14(16,17)12(19)8-11-6-7-13(20)18(11)9-10-4-2-1-3-5-10/h1-5,8H,6-7,9H2/b11-8+. The monoisotopic (exact) mass is 331 g/mol. The minimum absolute atomic E-state index is 0.0304. The average Bonchev–Trinajstić information content (AvgIpc) is 2.72. The number of carbonyl (C=O) groups excluding carboxylic acids is 2. The zero-order valence-corrected chi connectivity index (χ0v) is 12.8. The van der Waals surface area contributed by atoms with E-state index in [1.54, 1.807) is 4.90 Å². The van der Waals surface area contributed by atoms with E-state index in [4.69, 9.17) is 34.8 Å². The SMILES string of the molecule is O=C1CC/C(=C\C(=O)C(Cl)(Cl)Cl)N1Cc1ccccc1. The minimum atomic E-state index is -1.99. The van der Waals surface area contributed by atoms with E-state index in [1.807, 2.05) is 30.3 Å². The van der Waals surface area contributed by atoms with E-state index in [0.29, 0.717) is 25.1 Å². The average molecular weight is 333 g/mol. The fourth-order valence-electron chi connectivity index (χ4n) is 2.00. The Hall–Kier alpha value is -1.03. The van der Waals surface area contributed by atoms with E-state index in [-0.39, 0.29) is 5.91 Å². The molecule has 0 bridgehead atoms. The highest BCUT2D eigenvalue weighted by molar-refractivity contribution is 6.77. The Bertz CT molecular complexity index is 549. The van der Waals surface area contributed by atoms with E-state index in [0.717, 1.165) is 5.56 Å². The van der Waals surface area contributed by atoms with Crippen LogP contribution in [0.4, 0.5) is 0 Å². The van der Waals surface area contributed by atoms with Crippen molar-refractivity contribution in [3.05, 3.63) is 47.7 Å². The number of hydrogen-bond acceptors (Lipinski definition) is 2. The predicted molar refractivity (Wildman–Crippen MR) is 79.6 cm³/mol. The fourth-order valence-corrected chi connectivity index (χ4v) is 2.17. The van der Waals surface area contributed by atoms with Gasteiger partial charge in [-0.1, -0.05) is 65.1 Å². The molecule has 1 aromatic rings. The number of rotatable bonds is 3. The molecule has 1 heterocycles. The van der Waals surface area contributed by atoms with Gasteiger partial charge in [-0.2, -0.15) is 0 Å². The zero-order valence-electron chi connectivity index (χ0n) is 10.5. The van der Waals surface area contributed by atoms with Crippen LogP contribution < -0.4 is 0 Å². The third-order valence-corrected chi connectivity index (χ3v) is 3.56. The van der Waals surface area contributed by atoms with Crippen molar-refractivity contribution in [2.45, 2.75) is 23.2 Å². The summed E-state index contributed by atoms with van der Waals surface area (Å²) in [4.78, 5) is 25.2. The van der Waals surface area contributed by atoms with Gasteiger partial charge >= 0.3 is 0 Å². The second-order valence-corrected chi connectivity index (χ2v) is 6.74. The van der Waals surface area contributed by atoms with Crippen LogP contribution in [-0.2, 0) is 16.1 Å². The lowest BCUT2D eigenvalue weighted by Gasteiger charge is -2.18. The van der Waals surface area contributed by atoms with Crippen molar-refractivity contribution in [3.8, 4) is 0 Å². The Labute approximate surface area is 132 Å². The third-order valence-electron chi connectivity index (χ3n) is 3.00. The molecule has 0 spiro atoms. The van der Waals surface area contributed by atoms with Crippen LogP contribution in [0.2, 0.25) is 0 Å². The highest BCUT2D eigenvalue weighted by atomic mass is 35.6. The van der Waals surface area contributed by atoms with Gasteiger partial charge in [0, 0.05) is 18.2 Å². The first-order valence-electron chi connectivity index (χ1n) is 6.04. The van der Waals surface area contributed by atoms with Crippen LogP contribution in [0.1, 0.15) is 18.4 Å². The van der Waals surface area contributed by atoms with E-state index in [1.165, 1.54) is 6.08 Å². The number of likely N-dealkylation sites (tertiary alicyclic amines) is 1. The summed E-state index contributed by atoms with van der Waals surface area (Å²) in [6, 6.07) is 9.52. The molecule has 0 atom stereocenters. The van der Waals surface area contributed by atoms with Crippen molar-refractivity contribution in [2.24, 2.45) is 0 Å². The molecule has 0 saturated carbocycles. The Morgan fingerprint density at radius 3 is 2.45 bits per heavy atom. The topological polar surface area (TPSA) is 37.4 Å². The molecule has 1 aromatic carbocycles. The molecule has 1 amide bonds. The smallest absolute Gasteiger partial charge is 0.252 e. The summed E-state index contributed by atoms with van der Waals surface area (Å²) >= 11 is 16.6. The quantitative estimate of drug-likeness (QED) is 0.626. The van der Waals surface area contributed by atoms with E-state index in [2.05, 4.69) is 0 Å². The summed E-state index contributed by atoms with van der Waals surface area (Å²) in [5, 5.41) is 0. The van der Waals surface area contributed by atoms with Gasteiger partial charge in [0.15, 0.2) is 0 Å². The van der Waals surface area contributed by atoms with Crippen LogP contribution in [-0.4, -0.2) is 20.4 Å².